The fourth-order valence-corrected chi connectivity index (χ4v) is 4.49. The topological polar surface area (TPSA) is 143 Å². The van der Waals surface area contributed by atoms with Gasteiger partial charge in [0.15, 0.2) is 0 Å². The van der Waals surface area contributed by atoms with E-state index in [1.165, 1.54) is 18.3 Å². The predicted octanol–water partition coefficient (Wildman–Crippen LogP) is 2.49. The average Bonchev–Trinajstić information content (AvgIpc) is 3.18. The zero-order valence-corrected chi connectivity index (χ0v) is 23.0. The molecule has 11 nitrogen and oxygen atoms in total. The Labute approximate surface area is 228 Å². The van der Waals surface area contributed by atoms with Gasteiger partial charge in [0.2, 0.25) is 5.91 Å². The van der Waals surface area contributed by atoms with E-state index in [0.717, 1.165) is 11.6 Å². The number of pyridine rings is 1. The van der Waals surface area contributed by atoms with Gasteiger partial charge in [0.05, 0.1) is 30.0 Å². The first-order valence-electron chi connectivity index (χ1n) is 12.5. The number of likely N-dealkylation sites (N-methyl/N-ethyl adjacent to an activating group) is 2. The lowest BCUT2D eigenvalue weighted by Crippen LogP contribution is -2.52. The molecule has 4 amide bonds. The van der Waals surface area contributed by atoms with Crippen LogP contribution in [0.3, 0.4) is 0 Å². The van der Waals surface area contributed by atoms with E-state index in [1.807, 2.05) is 63.2 Å². The van der Waals surface area contributed by atoms with Crippen LogP contribution in [0.2, 0.25) is 0 Å². The fourth-order valence-electron chi connectivity index (χ4n) is 4.49. The van der Waals surface area contributed by atoms with Crippen LogP contribution in [-0.4, -0.2) is 78.2 Å². The monoisotopic (exact) mass is 532 g/mol. The standard InChI is InChI=1S/C28H36N8O3/c1-7-23(37)32-19-13-14-21(31-15-19)26(38)34-25(29)20-16-36(28(2,3)24(20)30-4)27(39)33-22(17-35(5)6)18-11-9-8-10-12-18/h7-15,22,30H,1,16-17H2,2-6H3,(H,32,37)(H,33,39)(H2,29,34,38). The Balaban J connectivity index is 1.75. The number of hydrogen-bond donors (Lipinski definition) is 5. The lowest BCUT2D eigenvalue weighted by molar-refractivity contribution is -0.111. The van der Waals surface area contributed by atoms with Crippen molar-refractivity contribution in [2.24, 2.45) is 0 Å². The minimum Gasteiger partial charge on any atom is -0.389 e. The van der Waals surface area contributed by atoms with Gasteiger partial charge in [-0.05, 0) is 51.7 Å². The molecule has 0 bridgehead atoms. The van der Waals surface area contributed by atoms with Crippen LogP contribution < -0.4 is 21.3 Å². The zero-order chi connectivity index (χ0) is 28.7. The van der Waals surface area contributed by atoms with Crippen LogP contribution in [0.25, 0.3) is 0 Å². The molecule has 0 radical (unpaired) electrons. The molecular weight excluding hydrogens is 496 g/mol. The normalized spacial score (nSPS) is 15.0. The van der Waals surface area contributed by atoms with Gasteiger partial charge < -0.3 is 31.1 Å². The maximum atomic E-state index is 13.6. The molecule has 0 spiro atoms. The number of carbonyl (C=O) groups excluding carboxylic acids is 3. The van der Waals surface area contributed by atoms with Gasteiger partial charge in [-0.25, -0.2) is 9.78 Å². The highest BCUT2D eigenvalue weighted by Crippen LogP contribution is 2.33. The molecule has 3 rings (SSSR count). The smallest absolute Gasteiger partial charge is 0.318 e. The number of amides is 4. The van der Waals surface area contributed by atoms with Gasteiger partial charge in [-0.1, -0.05) is 36.9 Å². The summed E-state index contributed by atoms with van der Waals surface area (Å²) in [5.74, 6) is -1.11. The quantitative estimate of drug-likeness (QED) is 0.191. The van der Waals surface area contributed by atoms with E-state index < -0.39 is 17.4 Å². The summed E-state index contributed by atoms with van der Waals surface area (Å²) in [5, 5.41) is 20.1. The molecule has 2 aromatic rings. The molecule has 1 aromatic heterocycles. The molecule has 1 atom stereocenters. The van der Waals surface area contributed by atoms with Crippen LogP contribution in [0.1, 0.15) is 35.9 Å². The zero-order valence-electron chi connectivity index (χ0n) is 23.0. The van der Waals surface area contributed by atoms with Crippen molar-refractivity contribution in [2.75, 3.05) is 39.5 Å². The van der Waals surface area contributed by atoms with Crippen molar-refractivity contribution in [3.63, 3.8) is 0 Å². The first-order chi connectivity index (χ1) is 18.5. The van der Waals surface area contributed by atoms with E-state index in [0.29, 0.717) is 23.5 Å². The Hall–Kier alpha value is -4.51. The molecule has 1 aliphatic rings. The SMILES string of the molecule is C=CC(=O)Nc1ccc(C(=O)NC(=N)C2=C(NC)C(C)(C)N(C(=O)NC(CN(C)C)c3ccccc3)C2)nc1. The van der Waals surface area contributed by atoms with Gasteiger partial charge in [0.25, 0.3) is 5.91 Å². The van der Waals surface area contributed by atoms with Gasteiger partial charge >= 0.3 is 6.03 Å². The van der Waals surface area contributed by atoms with Gasteiger partial charge in [-0.3, -0.25) is 15.0 Å². The predicted molar refractivity (Wildman–Crippen MR) is 151 cm³/mol. The lowest BCUT2D eigenvalue weighted by Gasteiger charge is -2.35. The maximum absolute atomic E-state index is 13.6. The van der Waals surface area contributed by atoms with Gasteiger partial charge in [0.1, 0.15) is 11.5 Å². The number of rotatable bonds is 9. The van der Waals surface area contributed by atoms with Gasteiger partial charge in [0, 0.05) is 24.9 Å². The Kier molecular flexibility index (Phi) is 9.20. The second kappa shape index (κ2) is 12.4. The molecule has 11 heteroatoms. The number of amidine groups is 1. The van der Waals surface area contributed by atoms with E-state index in [9.17, 15) is 14.4 Å². The average molecular weight is 533 g/mol. The Morgan fingerprint density at radius 2 is 1.87 bits per heavy atom. The molecule has 2 heterocycles. The molecule has 0 saturated carbocycles. The molecule has 0 fully saturated rings. The van der Waals surface area contributed by atoms with Crippen LogP contribution in [0.15, 0.2) is 72.6 Å². The molecule has 0 saturated heterocycles. The van der Waals surface area contributed by atoms with E-state index in [4.69, 9.17) is 5.41 Å². The Morgan fingerprint density at radius 3 is 2.44 bits per heavy atom. The Bertz CT molecular complexity index is 1270. The molecule has 206 valence electrons. The minimum absolute atomic E-state index is 0.0733. The highest BCUT2D eigenvalue weighted by atomic mass is 16.2. The van der Waals surface area contributed by atoms with E-state index in [1.54, 1.807) is 11.9 Å². The van der Waals surface area contributed by atoms with Gasteiger partial charge in [-0.15, -0.1) is 0 Å². The van der Waals surface area contributed by atoms with Crippen molar-refractivity contribution in [2.45, 2.75) is 25.4 Å². The van der Waals surface area contributed by atoms with Crippen LogP contribution in [0.5, 0.6) is 0 Å². The summed E-state index contributed by atoms with van der Waals surface area (Å²) in [6.07, 6.45) is 2.48. The van der Waals surface area contributed by atoms with Crippen LogP contribution >= 0.6 is 0 Å². The van der Waals surface area contributed by atoms with Crippen molar-refractivity contribution in [1.29, 1.82) is 5.41 Å². The third-order valence-corrected chi connectivity index (χ3v) is 6.44. The first-order valence-corrected chi connectivity index (χ1v) is 12.5. The van der Waals surface area contributed by atoms with Crippen molar-refractivity contribution < 1.29 is 14.4 Å². The van der Waals surface area contributed by atoms with Crippen LogP contribution in [0.4, 0.5) is 10.5 Å². The number of urea groups is 1. The molecule has 39 heavy (non-hydrogen) atoms. The number of benzene rings is 1. The second-order valence-corrected chi connectivity index (χ2v) is 9.88. The van der Waals surface area contributed by atoms with Gasteiger partial charge in [-0.2, -0.15) is 0 Å². The maximum Gasteiger partial charge on any atom is 0.318 e. The largest absolute Gasteiger partial charge is 0.389 e. The van der Waals surface area contributed by atoms with E-state index in [2.05, 4.69) is 32.8 Å². The third-order valence-electron chi connectivity index (χ3n) is 6.44. The number of aromatic nitrogens is 1. The minimum atomic E-state index is -0.770. The summed E-state index contributed by atoms with van der Waals surface area (Å²) in [6.45, 7) is 7.90. The van der Waals surface area contributed by atoms with Crippen molar-refractivity contribution in [1.82, 2.24) is 30.7 Å². The number of anilines is 1. The number of nitrogens with zero attached hydrogens (tertiary/aromatic N) is 3. The summed E-state index contributed by atoms with van der Waals surface area (Å²) in [6, 6.07) is 12.2. The van der Waals surface area contributed by atoms with E-state index in [-0.39, 0.29) is 30.1 Å². The molecule has 5 N–H and O–H groups in total. The molecule has 1 aromatic carbocycles. The third kappa shape index (κ3) is 6.88. The highest BCUT2D eigenvalue weighted by molar-refractivity contribution is 6.12. The number of hydrogen-bond acceptors (Lipinski definition) is 7. The van der Waals surface area contributed by atoms with Crippen molar-refractivity contribution in [3.05, 3.63) is 83.8 Å². The summed E-state index contributed by atoms with van der Waals surface area (Å²) in [5.41, 5.74) is 1.85. The summed E-state index contributed by atoms with van der Waals surface area (Å²) in [7, 11) is 5.62. The van der Waals surface area contributed by atoms with Crippen LogP contribution in [-0.2, 0) is 4.79 Å². The highest BCUT2D eigenvalue weighted by Gasteiger charge is 2.44. The summed E-state index contributed by atoms with van der Waals surface area (Å²) >= 11 is 0. The second-order valence-electron chi connectivity index (χ2n) is 9.88. The summed E-state index contributed by atoms with van der Waals surface area (Å²) < 4.78 is 0. The summed E-state index contributed by atoms with van der Waals surface area (Å²) in [4.78, 5) is 45.6. The number of nitrogens with one attached hydrogen (secondary N) is 5. The lowest BCUT2D eigenvalue weighted by atomic mass is 9.99. The Morgan fingerprint density at radius 1 is 1.18 bits per heavy atom. The van der Waals surface area contributed by atoms with Crippen molar-refractivity contribution in [3.8, 4) is 0 Å². The molecule has 0 aliphatic carbocycles. The fraction of sp³-hybridized carbons (Fsp3) is 0.321. The molecular formula is C28H36N8O3. The molecule has 1 aliphatic heterocycles. The van der Waals surface area contributed by atoms with Crippen LogP contribution in [0, 0.1) is 5.41 Å². The molecule has 1 unspecified atom stereocenters. The first kappa shape index (κ1) is 29.1. The number of carbonyl (C=O) groups is 3. The van der Waals surface area contributed by atoms with Crippen molar-refractivity contribution >= 4 is 29.4 Å². The van der Waals surface area contributed by atoms with E-state index >= 15 is 0 Å².